The molecule has 0 bridgehead atoms. The largest absolute Gasteiger partial charge is 0.464 e. The number of hydrogen-bond acceptors (Lipinski definition) is 3. The fraction of sp³-hybridized carbons (Fsp3) is 0.125. The van der Waals surface area contributed by atoms with E-state index in [2.05, 4.69) is 0 Å². The van der Waals surface area contributed by atoms with Gasteiger partial charge in [-0.2, -0.15) is 0 Å². The number of ether oxygens (including phenoxy) is 1. The topological polar surface area (TPSA) is 39.4 Å². The van der Waals surface area contributed by atoms with Crippen LogP contribution in [0.2, 0.25) is 0 Å². The van der Waals surface area contributed by atoms with Crippen molar-refractivity contribution in [3.05, 3.63) is 95.7 Å². The lowest BCUT2D eigenvalue weighted by molar-refractivity contribution is -0.117. The Morgan fingerprint density at radius 3 is 2.59 bits per heavy atom. The van der Waals surface area contributed by atoms with Crippen LogP contribution in [0.4, 0.5) is 0 Å². The monoisotopic (exact) mass is 356 g/mol. The lowest BCUT2D eigenvalue weighted by Gasteiger charge is -2.10. The maximum atomic E-state index is 12.6. The standard InChI is InChI=1S/C24H20O3/c1-17-14-18(10-11-23(17)27-21-7-3-2-4-8-21)15-20(25)16-19-6-5-9-24-22(19)12-13-26-24/h2-14H,15-16H2,1H3. The Kier molecular flexibility index (Phi) is 4.75. The highest BCUT2D eigenvalue weighted by Gasteiger charge is 2.11. The molecule has 0 saturated heterocycles. The van der Waals surface area contributed by atoms with Crippen LogP contribution in [0.1, 0.15) is 16.7 Å². The Hall–Kier alpha value is -3.33. The van der Waals surface area contributed by atoms with Crippen LogP contribution in [0.25, 0.3) is 11.0 Å². The number of para-hydroxylation sites is 1. The Bertz CT molecular complexity index is 1080. The average Bonchev–Trinajstić information content (AvgIpc) is 3.15. The second-order valence-electron chi connectivity index (χ2n) is 6.66. The van der Waals surface area contributed by atoms with Crippen LogP contribution in [0, 0.1) is 6.92 Å². The van der Waals surface area contributed by atoms with Gasteiger partial charge in [-0.05, 0) is 53.9 Å². The number of ketones is 1. The first kappa shape index (κ1) is 17.1. The molecule has 3 heteroatoms. The molecule has 1 heterocycles. The van der Waals surface area contributed by atoms with Crippen molar-refractivity contribution in [3.63, 3.8) is 0 Å². The lowest BCUT2D eigenvalue weighted by atomic mass is 9.99. The number of carbonyl (C=O) groups excluding carboxylic acids is 1. The summed E-state index contributed by atoms with van der Waals surface area (Å²) in [6.45, 7) is 2.00. The Balaban J connectivity index is 1.45. The quantitative estimate of drug-likeness (QED) is 0.432. The van der Waals surface area contributed by atoms with E-state index >= 15 is 0 Å². The van der Waals surface area contributed by atoms with Crippen molar-refractivity contribution in [2.24, 2.45) is 0 Å². The fourth-order valence-corrected chi connectivity index (χ4v) is 3.26. The van der Waals surface area contributed by atoms with Gasteiger partial charge in [0.05, 0.1) is 6.26 Å². The summed E-state index contributed by atoms with van der Waals surface area (Å²) in [4.78, 5) is 12.6. The molecule has 134 valence electrons. The van der Waals surface area contributed by atoms with E-state index in [9.17, 15) is 4.79 Å². The number of hydrogen-bond donors (Lipinski definition) is 0. The molecule has 0 spiro atoms. The summed E-state index contributed by atoms with van der Waals surface area (Å²) < 4.78 is 11.3. The van der Waals surface area contributed by atoms with E-state index in [4.69, 9.17) is 9.15 Å². The SMILES string of the molecule is Cc1cc(CC(=O)Cc2cccc3occc23)ccc1Oc1ccccc1. The van der Waals surface area contributed by atoms with Crippen LogP contribution in [-0.2, 0) is 17.6 Å². The summed E-state index contributed by atoms with van der Waals surface area (Å²) in [5.41, 5.74) is 3.84. The van der Waals surface area contributed by atoms with Crippen LogP contribution < -0.4 is 4.74 Å². The van der Waals surface area contributed by atoms with E-state index in [1.165, 1.54) is 0 Å². The molecular formula is C24H20O3. The molecule has 0 saturated carbocycles. The van der Waals surface area contributed by atoms with Gasteiger partial charge in [-0.1, -0.05) is 42.5 Å². The third-order valence-electron chi connectivity index (χ3n) is 4.59. The highest BCUT2D eigenvalue weighted by atomic mass is 16.5. The van der Waals surface area contributed by atoms with Gasteiger partial charge >= 0.3 is 0 Å². The molecule has 0 amide bonds. The Morgan fingerprint density at radius 1 is 0.926 bits per heavy atom. The maximum Gasteiger partial charge on any atom is 0.141 e. The van der Waals surface area contributed by atoms with Gasteiger partial charge in [0.1, 0.15) is 22.9 Å². The molecule has 4 rings (SSSR count). The minimum Gasteiger partial charge on any atom is -0.464 e. The van der Waals surface area contributed by atoms with Crippen LogP contribution in [0.15, 0.2) is 83.5 Å². The number of fused-ring (bicyclic) bond motifs is 1. The zero-order valence-corrected chi connectivity index (χ0v) is 15.1. The van der Waals surface area contributed by atoms with Crippen molar-refractivity contribution in [1.29, 1.82) is 0 Å². The molecule has 0 unspecified atom stereocenters. The van der Waals surface area contributed by atoms with E-state index in [0.29, 0.717) is 12.8 Å². The van der Waals surface area contributed by atoms with Crippen LogP contribution >= 0.6 is 0 Å². The molecule has 3 aromatic carbocycles. The van der Waals surface area contributed by atoms with Crippen molar-refractivity contribution in [1.82, 2.24) is 0 Å². The molecule has 0 fully saturated rings. The van der Waals surface area contributed by atoms with E-state index in [-0.39, 0.29) is 5.78 Å². The Morgan fingerprint density at radius 2 is 1.78 bits per heavy atom. The van der Waals surface area contributed by atoms with Crippen molar-refractivity contribution in [2.75, 3.05) is 0 Å². The zero-order valence-electron chi connectivity index (χ0n) is 15.1. The molecule has 0 radical (unpaired) electrons. The second kappa shape index (κ2) is 7.50. The molecule has 1 aromatic heterocycles. The summed E-state index contributed by atoms with van der Waals surface area (Å²) in [6, 6.07) is 23.3. The van der Waals surface area contributed by atoms with Crippen molar-refractivity contribution >= 4 is 16.8 Å². The first-order valence-electron chi connectivity index (χ1n) is 8.98. The highest BCUT2D eigenvalue weighted by molar-refractivity contribution is 5.89. The molecule has 27 heavy (non-hydrogen) atoms. The fourth-order valence-electron chi connectivity index (χ4n) is 3.26. The molecule has 0 aliphatic carbocycles. The number of aryl methyl sites for hydroxylation is 1. The van der Waals surface area contributed by atoms with Gasteiger partial charge in [-0.3, -0.25) is 4.79 Å². The van der Waals surface area contributed by atoms with Crippen LogP contribution in [-0.4, -0.2) is 5.78 Å². The number of Topliss-reactive ketones (excluding diaryl/α,β-unsaturated/α-hetero) is 1. The third-order valence-corrected chi connectivity index (χ3v) is 4.59. The highest BCUT2D eigenvalue weighted by Crippen LogP contribution is 2.26. The summed E-state index contributed by atoms with van der Waals surface area (Å²) in [5.74, 6) is 1.79. The molecule has 0 aliphatic rings. The normalized spacial score (nSPS) is 10.9. The van der Waals surface area contributed by atoms with Crippen molar-refractivity contribution < 1.29 is 13.9 Å². The average molecular weight is 356 g/mol. The number of carbonyl (C=O) groups is 1. The summed E-state index contributed by atoms with van der Waals surface area (Å²) in [7, 11) is 0. The number of furan rings is 1. The number of benzene rings is 3. The van der Waals surface area contributed by atoms with Gasteiger partial charge in [0.2, 0.25) is 0 Å². The first-order chi connectivity index (χ1) is 13.2. The molecule has 0 N–H and O–H groups in total. The Labute approximate surface area is 158 Å². The predicted molar refractivity (Wildman–Crippen MR) is 106 cm³/mol. The van der Waals surface area contributed by atoms with Gasteiger partial charge in [0.15, 0.2) is 0 Å². The molecule has 3 nitrogen and oxygen atoms in total. The molecule has 4 aromatic rings. The van der Waals surface area contributed by atoms with Crippen LogP contribution in [0.5, 0.6) is 11.5 Å². The van der Waals surface area contributed by atoms with E-state index in [1.54, 1.807) is 6.26 Å². The molecule has 0 atom stereocenters. The summed E-state index contributed by atoms with van der Waals surface area (Å²) >= 11 is 0. The maximum absolute atomic E-state index is 12.6. The summed E-state index contributed by atoms with van der Waals surface area (Å²) in [6.07, 6.45) is 2.46. The van der Waals surface area contributed by atoms with Gasteiger partial charge in [-0.25, -0.2) is 0 Å². The lowest BCUT2D eigenvalue weighted by Crippen LogP contribution is -2.07. The molecule has 0 aliphatic heterocycles. The smallest absolute Gasteiger partial charge is 0.141 e. The summed E-state index contributed by atoms with van der Waals surface area (Å²) in [5, 5.41) is 1.01. The van der Waals surface area contributed by atoms with Gasteiger partial charge in [0.25, 0.3) is 0 Å². The zero-order chi connectivity index (χ0) is 18.6. The van der Waals surface area contributed by atoms with E-state index < -0.39 is 0 Å². The van der Waals surface area contributed by atoms with Gasteiger partial charge in [0, 0.05) is 18.2 Å². The van der Waals surface area contributed by atoms with E-state index in [1.807, 2.05) is 79.7 Å². The van der Waals surface area contributed by atoms with Crippen molar-refractivity contribution in [3.8, 4) is 11.5 Å². The predicted octanol–water partition coefficient (Wildman–Crippen LogP) is 5.89. The molecular weight excluding hydrogens is 336 g/mol. The third kappa shape index (κ3) is 3.93. The second-order valence-corrected chi connectivity index (χ2v) is 6.66. The van der Waals surface area contributed by atoms with Crippen LogP contribution in [0.3, 0.4) is 0 Å². The minimum absolute atomic E-state index is 0.180. The van der Waals surface area contributed by atoms with Crippen molar-refractivity contribution in [2.45, 2.75) is 19.8 Å². The van der Waals surface area contributed by atoms with Gasteiger partial charge in [-0.15, -0.1) is 0 Å². The van der Waals surface area contributed by atoms with E-state index in [0.717, 1.165) is 39.2 Å². The van der Waals surface area contributed by atoms with Gasteiger partial charge < -0.3 is 9.15 Å². The minimum atomic E-state index is 0.180. The number of rotatable bonds is 6. The first-order valence-corrected chi connectivity index (χ1v) is 8.98.